The second-order valence-electron chi connectivity index (χ2n) is 5.09. The molecule has 1 heterocycles. The minimum Gasteiger partial charge on any atom is -0.392 e. The lowest BCUT2D eigenvalue weighted by molar-refractivity contribution is 0.0558. The van der Waals surface area contributed by atoms with Crippen molar-refractivity contribution in [3.63, 3.8) is 0 Å². The SMILES string of the molecule is CN(CC1(O)CCCC1)c1ncc(CO)cc1Cl. The lowest BCUT2D eigenvalue weighted by atomic mass is 10.0. The molecule has 100 valence electrons. The molecular formula is C13H19ClN2O2. The molecule has 0 unspecified atom stereocenters. The molecular weight excluding hydrogens is 252 g/mol. The Bertz CT molecular complexity index is 419. The van der Waals surface area contributed by atoms with Crippen LogP contribution >= 0.6 is 11.6 Å². The van der Waals surface area contributed by atoms with Crippen LogP contribution in [0, 0.1) is 0 Å². The molecule has 4 nitrogen and oxygen atoms in total. The van der Waals surface area contributed by atoms with E-state index in [-0.39, 0.29) is 6.61 Å². The molecule has 0 bridgehead atoms. The first-order valence-electron chi connectivity index (χ1n) is 6.23. The highest BCUT2D eigenvalue weighted by Crippen LogP contribution is 2.32. The number of hydrogen-bond donors (Lipinski definition) is 2. The Morgan fingerprint density at radius 2 is 2.11 bits per heavy atom. The van der Waals surface area contributed by atoms with Gasteiger partial charge >= 0.3 is 0 Å². The third-order valence-electron chi connectivity index (χ3n) is 3.49. The Hall–Kier alpha value is -0.840. The molecule has 0 amide bonds. The van der Waals surface area contributed by atoms with Crippen molar-refractivity contribution in [1.29, 1.82) is 0 Å². The number of aromatic nitrogens is 1. The third kappa shape index (κ3) is 2.94. The van der Waals surface area contributed by atoms with Gasteiger partial charge in [-0.25, -0.2) is 4.98 Å². The van der Waals surface area contributed by atoms with E-state index in [4.69, 9.17) is 16.7 Å². The zero-order valence-electron chi connectivity index (χ0n) is 10.6. The third-order valence-corrected chi connectivity index (χ3v) is 3.77. The molecule has 1 aliphatic carbocycles. The first-order valence-corrected chi connectivity index (χ1v) is 6.61. The second-order valence-corrected chi connectivity index (χ2v) is 5.50. The maximum Gasteiger partial charge on any atom is 0.147 e. The number of anilines is 1. The Balaban J connectivity index is 2.11. The highest BCUT2D eigenvalue weighted by atomic mass is 35.5. The van der Waals surface area contributed by atoms with Gasteiger partial charge in [-0.3, -0.25) is 0 Å². The Labute approximate surface area is 112 Å². The monoisotopic (exact) mass is 270 g/mol. The van der Waals surface area contributed by atoms with Crippen molar-refractivity contribution in [3.05, 3.63) is 22.8 Å². The van der Waals surface area contributed by atoms with Gasteiger partial charge < -0.3 is 15.1 Å². The van der Waals surface area contributed by atoms with Crippen LogP contribution in [0.25, 0.3) is 0 Å². The summed E-state index contributed by atoms with van der Waals surface area (Å²) >= 11 is 6.14. The van der Waals surface area contributed by atoms with Crippen molar-refractivity contribution in [3.8, 4) is 0 Å². The minimum absolute atomic E-state index is 0.0688. The average molecular weight is 271 g/mol. The standard InChI is InChI=1S/C13H19ClN2O2/c1-16(9-13(18)4-2-3-5-13)12-11(14)6-10(8-17)7-15-12/h6-7,17-18H,2-5,8-9H2,1H3. The summed E-state index contributed by atoms with van der Waals surface area (Å²) in [5.74, 6) is 0.647. The zero-order chi connectivity index (χ0) is 13.2. The van der Waals surface area contributed by atoms with E-state index in [1.54, 1.807) is 12.3 Å². The molecule has 0 radical (unpaired) electrons. The molecule has 1 aromatic heterocycles. The number of halogens is 1. The number of aliphatic hydroxyl groups is 2. The van der Waals surface area contributed by atoms with E-state index in [1.165, 1.54) is 0 Å². The summed E-state index contributed by atoms with van der Waals surface area (Å²) in [6.07, 6.45) is 5.44. The fraction of sp³-hybridized carbons (Fsp3) is 0.615. The second kappa shape index (κ2) is 5.43. The van der Waals surface area contributed by atoms with E-state index in [1.807, 2.05) is 11.9 Å². The lowest BCUT2D eigenvalue weighted by Gasteiger charge is -2.29. The highest BCUT2D eigenvalue weighted by molar-refractivity contribution is 6.33. The fourth-order valence-corrected chi connectivity index (χ4v) is 2.88. The summed E-state index contributed by atoms with van der Waals surface area (Å²) in [4.78, 5) is 6.13. The number of rotatable bonds is 4. The summed E-state index contributed by atoms with van der Waals surface area (Å²) in [6, 6.07) is 1.71. The maximum absolute atomic E-state index is 10.4. The van der Waals surface area contributed by atoms with E-state index in [0.717, 1.165) is 25.7 Å². The molecule has 0 aromatic carbocycles. The van der Waals surface area contributed by atoms with Crippen LogP contribution in [0.15, 0.2) is 12.3 Å². The van der Waals surface area contributed by atoms with E-state index in [9.17, 15) is 5.11 Å². The molecule has 18 heavy (non-hydrogen) atoms. The summed E-state index contributed by atoms with van der Waals surface area (Å²) in [7, 11) is 1.88. The van der Waals surface area contributed by atoms with E-state index in [0.29, 0.717) is 22.9 Å². The largest absolute Gasteiger partial charge is 0.392 e. The van der Waals surface area contributed by atoms with Crippen LogP contribution in [0.1, 0.15) is 31.2 Å². The lowest BCUT2D eigenvalue weighted by Crippen LogP contribution is -2.39. The van der Waals surface area contributed by atoms with Crippen molar-refractivity contribution >= 4 is 17.4 Å². The summed E-state index contributed by atoms with van der Waals surface area (Å²) in [6.45, 7) is 0.471. The molecule has 1 aromatic rings. The Morgan fingerprint density at radius 1 is 1.44 bits per heavy atom. The number of hydrogen-bond acceptors (Lipinski definition) is 4. The summed E-state index contributed by atoms with van der Waals surface area (Å²) in [5, 5.41) is 19.9. The van der Waals surface area contributed by atoms with Gasteiger partial charge in [0.25, 0.3) is 0 Å². The molecule has 1 aliphatic rings. The zero-order valence-corrected chi connectivity index (χ0v) is 11.3. The van der Waals surface area contributed by atoms with E-state index >= 15 is 0 Å². The van der Waals surface area contributed by atoms with Gasteiger partial charge in [0.15, 0.2) is 0 Å². The minimum atomic E-state index is -0.616. The first kappa shape index (κ1) is 13.6. The van der Waals surface area contributed by atoms with Gasteiger partial charge in [0.2, 0.25) is 0 Å². The number of aliphatic hydroxyl groups excluding tert-OH is 1. The van der Waals surface area contributed by atoms with Crippen LogP contribution in [-0.2, 0) is 6.61 Å². The smallest absolute Gasteiger partial charge is 0.147 e. The predicted molar refractivity (Wildman–Crippen MR) is 71.9 cm³/mol. The van der Waals surface area contributed by atoms with Gasteiger partial charge in [-0.2, -0.15) is 0 Å². The van der Waals surface area contributed by atoms with Crippen molar-refractivity contribution in [2.75, 3.05) is 18.5 Å². The molecule has 1 saturated carbocycles. The molecule has 2 N–H and O–H groups in total. The van der Waals surface area contributed by atoms with Gasteiger partial charge in [-0.05, 0) is 24.5 Å². The Morgan fingerprint density at radius 3 is 2.67 bits per heavy atom. The molecule has 1 fully saturated rings. The van der Waals surface area contributed by atoms with Gasteiger partial charge in [0, 0.05) is 19.8 Å². The topological polar surface area (TPSA) is 56.6 Å². The molecule has 0 aliphatic heterocycles. The van der Waals surface area contributed by atoms with Crippen molar-refractivity contribution in [2.24, 2.45) is 0 Å². The van der Waals surface area contributed by atoms with Crippen LogP contribution < -0.4 is 4.90 Å². The van der Waals surface area contributed by atoms with Crippen LogP contribution in [-0.4, -0.2) is 34.4 Å². The summed E-state index contributed by atoms with van der Waals surface area (Å²) in [5.41, 5.74) is 0.0757. The molecule has 0 atom stereocenters. The molecule has 0 saturated heterocycles. The van der Waals surface area contributed by atoms with Crippen molar-refractivity contribution in [2.45, 2.75) is 37.9 Å². The van der Waals surface area contributed by atoms with Gasteiger partial charge in [0.1, 0.15) is 5.82 Å². The number of likely N-dealkylation sites (N-methyl/N-ethyl adjacent to an activating group) is 1. The van der Waals surface area contributed by atoms with Gasteiger partial charge in [-0.15, -0.1) is 0 Å². The van der Waals surface area contributed by atoms with Crippen LogP contribution in [0.3, 0.4) is 0 Å². The molecule has 2 rings (SSSR count). The Kier molecular flexibility index (Phi) is 4.10. The fourth-order valence-electron chi connectivity index (χ4n) is 2.55. The predicted octanol–water partition coefficient (Wildman–Crippen LogP) is 1.97. The number of pyridine rings is 1. The number of nitrogens with zero attached hydrogens (tertiary/aromatic N) is 2. The molecule has 5 heteroatoms. The average Bonchev–Trinajstić information content (AvgIpc) is 2.75. The summed E-state index contributed by atoms with van der Waals surface area (Å²) < 4.78 is 0. The van der Waals surface area contributed by atoms with Gasteiger partial charge in [-0.1, -0.05) is 24.4 Å². The van der Waals surface area contributed by atoms with Crippen LogP contribution in [0.5, 0.6) is 0 Å². The van der Waals surface area contributed by atoms with Gasteiger partial charge in [0.05, 0.1) is 17.2 Å². The van der Waals surface area contributed by atoms with E-state index in [2.05, 4.69) is 4.98 Å². The highest BCUT2D eigenvalue weighted by Gasteiger charge is 2.32. The quantitative estimate of drug-likeness (QED) is 0.878. The van der Waals surface area contributed by atoms with Crippen LogP contribution in [0.2, 0.25) is 5.02 Å². The molecule has 0 spiro atoms. The van der Waals surface area contributed by atoms with E-state index < -0.39 is 5.60 Å². The first-order chi connectivity index (χ1) is 8.54. The van der Waals surface area contributed by atoms with Crippen molar-refractivity contribution < 1.29 is 10.2 Å². The normalized spacial score (nSPS) is 18.0. The maximum atomic E-state index is 10.4. The van der Waals surface area contributed by atoms with Crippen LogP contribution in [0.4, 0.5) is 5.82 Å². The van der Waals surface area contributed by atoms with Crippen molar-refractivity contribution in [1.82, 2.24) is 4.98 Å².